The van der Waals surface area contributed by atoms with Crippen LogP contribution in [0.2, 0.25) is 0 Å². The van der Waals surface area contributed by atoms with Crippen molar-refractivity contribution in [3.8, 4) is 45.7 Å². The van der Waals surface area contributed by atoms with Crippen LogP contribution in [-0.2, 0) is 9.47 Å². The van der Waals surface area contributed by atoms with Crippen LogP contribution < -0.4 is 10.1 Å². The summed E-state index contributed by atoms with van der Waals surface area (Å²) in [4.78, 5) is 26.8. The number of hydrogen-bond donors (Lipinski definition) is 2. The number of phenolic OH excluding ortho intramolecular Hbond substituents is 1. The number of phenols is 1. The van der Waals surface area contributed by atoms with Gasteiger partial charge in [-0.15, -0.1) is 0 Å². The van der Waals surface area contributed by atoms with Crippen LogP contribution in [0.3, 0.4) is 0 Å². The minimum absolute atomic E-state index is 0.0414. The second-order valence-electron chi connectivity index (χ2n) is 13.7. The third-order valence-corrected chi connectivity index (χ3v) is 9.07. The van der Waals surface area contributed by atoms with Gasteiger partial charge in [-0.1, -0.05) is 112 Å². The van der Waals surface area contributed by atoms with Gasteiger partial charge in [0.05, 0.1) is 12.2 Å². The molecule has 4 rings (SSSR count). The number of aromatic nitrogens is 3. The third kappa shape index (κ3) is 12.6. The highest BCUT2D eigenvalue weighted by Gasteiger charge is 2.19. The van der Waals surface area contributed by atoms with Crippen molar-refractivity contribution in [3.63, 3.8) is 0 Å². The average molecular weight is 711 g/mol. The predicted molar refractivity (Wildman–Crippen MR) is 209 cm³/mol. The standard InChI is InChI=1S/C43H58N4O5/c1-7-9-10-11-12-13-14-15-16-17-24-50-28-35(52-43(49)44-8-2)29-51-34-20-23-38(39(48)27-34)42-46-40(36-21-18-30(3)25-32(36)5)45-41(47-42)37-22-19-31(4)26-33(37)6/h18-23,25-27,35,48H,7-17,24,28-29H2,1-6H3,(H,44,49). The van der Waals surface area contributed by atoms with Gasteiger partial charge in [0.15, 0.2) is 23.6 Å². The fourth-order valence-corrected chi connectivity index (χ4v) is 6.21. The second kappa shape index (κ2) is 21.1. The Kier molecular flexibility index (Phi) is 16.4. The molecule has 0 aliphatic carbocycles. The van der Waals surface area contributed by atoms with E-state index in [0.29, 0.717) is 41.9 Å². The number of ether oxygens (including phenoxy) is 3. The Morgan fingerprint density at radius 3 is 1.71 bits per heavy atom. The first-order chi connectivity index (χ1) is 25.2. The maximum absolute atomic E-state index is 12.3. The average Bonchev–Trinajstić information content (AvgIpc) is 3.11. The number of nitrogens with zero attached hydrogens (tertiary/aromatic N) is 3. The Morgan fingerprint density at radius 2 is 1.19 bits per heavy atom. The number of amides is 1. The minimum atomic E-state index is -0.624. The fraction of sp³-hybridized carbons (Fsp3) is 0.488. The van der Waals surface area contributed by atoms with Gasteiger partial charge in [-0.25, -0.2) is 19.7 Å². The quantitative estimate of drug-likeness (QED) is 0.0821. The van der Waals surface area contributed by atoms with Crippen LogP contribution >= 0.6 is 0 Å². The van der Waals surface area contributed by atoms with Crippen LogP contribution in [-0.4, -0.2) is 58.6 Å². The van der Waals surface area contributed by atoms with E-state index in [1.165, 1.54) is 57.4 Å². The summed E-state index contributed by atoms with van der Waals surface area (Å²) in [7, 11) is 0. The van der Waals surface area contributed by atoms with Gasteiger partial charge in [0.2, 0.25) is 0 Å². The maximum Gasteiger partial charge on any atom is 0.407 e. The molecule has 9 nitrogen and oxygen atoms in total. The summed E-state index contributed by atoms with van der Waals surface area (Å²) in [5, 5.41) is 13.9. The van der Waals surface area contributed by atoms with Crippen molar-refractivity contribution in [3.05, 3.63) is 76.9 Å². The summed E-state index contributed by atoms with van der Waals surface area (Å²) in [6, 6.07) is 17.3. The van der Waals surface area contributed by atoms with Gasteiger partial charge in [-0.3, -0.25) is 0 Å². The zero-order valence-corrected chi connectivity index (χ0v) is 32.1. The second-order valence-corrected chi connectivity index (χ2v) is 13.7. The molecule has 0 fully saturated rings. The van der Waals surface area contributed by atoms with Gasteiger partial charge in [-0.2, -0.15) is 0 Å². The van der Waals surface area contributed by atoms with Crippen LogP contribution in [0.4, 0.5) is 4.79 Å². The Bertz CT molecular complexity index is 1660. The lowest BCUT2D eigenvalue weighted by molar-refractivity contribution is -0.00242. The lowest BCUT2D eigenvalue weighted by atomic mass is 10.0. The van der Waals surface area contributed by atoms with E-state index in [2.05, 4.69) is 38.2 Å². The molecule has 0 aliphatic rings. The van der Waals surface area contributed by atoms with Gasteiger partial charge >= 0.3 is 6.09 Å². The van der Waals surface area contributed by atoms with Crippen LogP contribution in [0.25, 0.3) is 34.2 Å². The largest absolute Gasteiger partial charge is 0.507 e. The third-order valence-electron chi connectivity index (χ3n) is 9.07. The molecule has 0 spiro atoms. The number of unbranched alkanes of at least 4 members (excludes halogenated alkanes) is 9. The van der Waals surface area contributed by atoms with E-state index in [0.717, 1.165) is 46.2 Å². The number of aryl methyl sites for hydroxylation is 4. The van der Waals surface area contributed by atoms with E-state index < -0.39 is 12.2 Å². The van der Waals surface area contributed by atoms with Crippen molar-refractivity contribution in [2.45, 2.75) is 112 Å². The molecule has 3 aromatic carbocycles. The minimum Gasteiger partial charge on any atom is -0.507 e. The van der Waals surface area contributed by atoms with E-state index in [4.69, 9.17) is 29.2 Å². The number of carbonyl (C=O) groups excluding carboxylic acids is 1. The van der Waals surface area contributed by atoms with Gasteiger partial charge in [0.25, 0.3) is 0 Å². The van der Waals surface area contributed by atoms with Gasteiger partial charge in [0.1, 0.15) is 18.1 Å². The van der Waals surface area contributed by atoms with Crippen molar-refractivity contribution in [2.24, 2.45) is 0 Å². The number of benzene rings is 3. The predicted octanol–water partition coefficient (Wildman–Crippen LogP) is 10.2. The van der Waals surface area contributed by atoms with E-state index in [1.54, 1.807) is 12.1 Å². The van der Waals surface area contributed by atoms with Gasteiger partial charge in [0, 0.05) is 30.3 Å². The number of carbonyl (C=O) groups is 1. The van der Waals surface area contributed by atoms with Crippen LogP contribution in [0.15, 0.2) is 54.6 Å². The monoisotopic (exact) mass is 710 g/mol. The SMILES string of the molecule is CCCCCCCCCCCCOCC(COc1ccc(-c2nc(-c3ccc(C)cc3C)nc(-c3ccc(C)cc3C)n2)c(O)c1)OC(=O)NCC. The molecule has 0 saturated heterocycles. The zero-order valence-electron chi connectivity index (χ0n) is 32.1. The van der Waals surface area contributed by atoms with Crippen LogP contribution in [0, 0.1) is 27.7 Å². The van der Waals surface area contributed by atoms with E-state index >= 15 is 0 Å². The lowest BCUT2D eigenvalue weighted by Crippen LogP contribution is -2.35. The Balaban J connectivity index is 1.42. The van der Waals surface area contributed by atoms with Crippen LogP contribution in [0.1, 0.15) is 100 Å². The number of alkyl carbamates (subject to hydrolysis) is 1. The molecule has 1 unspecified atom stereocenters. The fourth-order valence-electron chi connectivity index (χ4n) is 6.21. The summed E-state index contributed by atoms with van der Waals surface area (Å²) in [5.41, 5.74) is 6.64. The summed E-state index contributed by atoms with van der Waals surface area (Å²) >= 11 is 0. The molecule has 2 N–H and O–H groups in total. The Hall–Kier alpha value is -4.50. The molecule has 0 bridgehead atoms. The summed E-state index contributed by atoms with van der Waals surface area (Å²) in [6.45, 7) is 13.6. The molecule has 0 saturated carbocycles. The number of aromatic hydroxyl groups is 1. The number of hydrogen-bond acceptors (Lipinski definition) is 8. The molecule has 280 valence electrons. The Labute approximate surface area is 310 Å². The molecule has 1 heterocycles. The molecular formula is C43H58N4O5. The summed E-state index contributed by atoms with van der Waals surface area (Å²) in [5.74, 6) is 1.78. The molecular weight excluding hydrogens is 652 g/mol. The normalized spacial score (nSPS) is 11.7. The van der Waals surface area contributed by atoms with Gasteiger partial charge < -0.3 is 24.6 Å². The molecule has 52 heavy (non-hydrogen) atoms. The first-order valence-corrected chi connectivity index (χ1v) is 19.1. The summed E-state index contributed by atoms with van der Waals surface area (Å²) in [6.07, 6.45) is 11.4. The first-order valence-electron chi connectivity index (χ1n) is 19.1. The Morgan fingerprint density at radius 1 is 0.673 bits per heavy atom. The smallest absolute Gasteiger partial charge is 0.407 e. The molecule has 4 aromatic rings. The van der Waals surface area contributed by atoms with Crippen LogP contribution in [0.5, 0.6) is 11.5 Å². The van der Waals surface area contributed by atoms with Crippen molar-refractivity contribution in [1.82, 2.24) is 20.3 Å². The van der Waals surface area contributed by atoms with Crippen molar-refractivity contribution in [2.75, 3.05) is 26.4 Å². The van der Waals surface area contributed by atoms with E-state index in [9.17, 15) is 9.90 Å². The lowest BCUT2D eigenvalue weighted by Gasteiger charge is -2.19. The first kappa shape index (κ1) is 40.3. The molecule has 1 aromatic heterocycles. The molecule has 1 amide bonds. The van der Waals surface area contributed by atoms with Crippen molar-refractivity contribution in [1.29, 1.82) is 0 Å². The highest BCUT2D eigenvalue weighted by molar-refractivity contribution is 5.72. The number of nitrogens with one attached hydrogen (secondary N) is 1. The topological polar surface area (TPSA) is 116 Å². The van der Waals surface area contributed by atoms with Crippen molar-refractivity contribution < 1.29 is 24.1 Å². The number of rotatable bonds is 21. The van der Waals surface area contributed by atoms with Crippen molar-refractivity contribution >= 4 is 6.09 Å². The highest BCUT2D eigenvalue weighted by Crippen LogP contribution is 2.34. The molecule has 0 radical (unpaired) electrons. The molecule has 9 heteroatoms. The van der Waals surface area contributed by atoms with Gasteiger partial charge in [-0.05, 0) is 64.3 Å². The van der Waals surface area contributed by atoms with E-state index in [1.807, 2.05) is 45.0 Å². The maximum atomic E-state index is 12.3. The zero-order chi connectivity index (χ0) is 37.3. The summed E-state index contributed by atoms with van der Waals surface area (Å²) < 4.78 is 17.5. The van der Waals surface area contributed by atoms with E-state index in [-0.39, 0.29) is 19.0 Å². The highest BCUT2D eigenvalue weighted by atomic mass is 16.6. The molecule has 0 aliphatic heterocycles. The molecule has 1 atom stereocenters.